The smallest absolute Gasteiger partial charge is 0.212 e. The molecule has 6 heteroatoms. The molecule has 4 N–H and O–H groups in total. The Labute approximate surface area is 155 Å². The van der Waals surface area contributed by atoms with Crippen molar-refractivity contribution in [3.8, 4) is 0 Å². The van der Waals surface area contributed by atoms with Crippen molar-refractivity contribution in [3.05, 3.63) is 35.5 Å². The second kappa shape index (κ2) is 8.85. The number of aliphatic hydroxyl groups is 1. The molecule has 2 aromatic rings. The lowest BCUT2D eigenvalue weighted by Crippen LogP contribution is -2.46. The van der Waals surface area contributed by atoms with Gasteiger partial charge in [-0.15, -0.1) is 0 Å². The van der Waals surface area contributed by atoms with Gasteiger partial charge in [-0.2, -0.15) is 5.10 Å². The number of hydrogen-bond donors (Lipinski definition) is 3. The molecule has 26 heavy (non-hydrogen) atoms. The quantitative estimate of drug-likeness (QED) is 0.306. The minimum Gasteiger partial charge on any atom is -0.392 e. The molecule has 0 atom stereocenters. The summed E-state index contributed by atoms with van der Waals surface area (Å²) in [6.45, 7) is 9.06. The molecular weight excluding hydrogens is 326 g/mol. The molecule has 0 spiro atoms. The number of nitrogens with one attached hydrogen (secondary N) is 1. The largest absolute Gasteiger partial charge is 0.392 e. The molecule has 0 amide bonds. The van der Waals surface area contributed by atoms with Crippen LogP contribution in [-0.2, 0) is 6.61 Å². The Bertz CT molecular complexity index is 770. The summed E-state index contributed by atoms with van der Waals surface area (Å²) in [5, 5.41) is 16.7. The van der Waals surface area contributed by atoms with Crippen LogP contribution in [0.15, 0.2) is 34.5 Å². The summed E-state index contributed by atoms with van der Waals surface area (Å²) in [6, 6.07) is 5.84. The number of guanidine groups is 1. The van der Waals surface area contributed by atoms with E-state index in [-0.39, 0.29) is 12.1 Å². The number of rotatable bonds is 7. The summed E-state index contributed by atoms with van der Waals surface area (Å²) >= 11 is 0. The third-order valence-electron chi connectivity index (χ3n) is 4.16. The van der Waals surface area contributed by atoms with E-state index < -0.39 is 0 Å². The average Bonchev–Trinajstić information content (AvgIpc) is 3.00. The number of hydrazone groups is 1. The lowest BCUT2D eigenvalue weighted by atomic mass is 10.1. The molecule has 142 valence electrons. The molecule has 0 aliphatic heterocycles. The van der Waals surface area contributed by atoms with Gasteiger partial charge in [-0.25, -0.2) is 5.01 Å². The van der Waals surface area contributed by atoms with Gasteiger partial charge >= 0.3 is 0 Å². The van der Waals surface area contributed by atoms with E-state index in [0.717, 1.165) is 41.3 Å². The Balaban J connectivity index is 2.25. The second-order valence-corrected chi connectivity index (χ2v) is 7.46. The van der Waals surface area contributed by atoms with Crippen LogP contribution in [0.3, 0.4) is 0 Å². The Morgan fingerprint density at radius 1 is 1.31 bits per heavy atom. The number of H-pyrrole nitrogens is 1. The van der Waals surface area contributed by atoms with Gasteiger partial charge < -0.3 is 15.8 Å². The van der Waals surface area contributed by atoms with Crippen molar-refractivity contribution in [2.75, 3.05) is 6.54 Å². The van der Waals surface area contributed by atoms with Gasteiger partial charge in [0.25, 0.3) is 0 Å². The summed E-state index contributed by atoms with van der Waals surface area (Å²) < 4.78 is 0. The normalized spacial score (nSPS) is 13.0. The zero-order valence-corrected chi connectivity index (χ0v) is 16.3. The van der Waals surface area contributed by atoms with Crippen molar-refractivity contribution in [2.24, 2.45) is 15.8 Å². The first-order valence-electron chi connectivity index (χ1n) is 9.21. The predicted molar refractivity (Wildman–Crippen MR) is 109 cm³/mol. The number of fused-ring (bicyclic) bond motifs is 1. The van der Waals surface area contributed by atoms with Gasteiger partial charge in [0.05, 0.1) is 18.4 Å². The second-order valence-electron chi connectivity index (χ2n) is 7.46. The molecular formula is C20H31N5O. The topological polar surface area (TPSA) is 90.0 Å². The number of hydrogen-bond acceptors (Lipinski definition) is 3. The molecule has 0 radical (unpaired) electrons. The summed E-state index contributed by atoms with van der Waals surface area (Å²) in [6.07, 6.45) is 7.04. The van der Waals surface area contributed by atoms with Crippen LogP contribution in [0.25, 0.3) is 10.9 Å². The molecule has 0 unspecified atom stereocenters. The maximum atomic E-state index is 9.36. The Kier molecular flexibility index (Phi) is 6.80. The average molecular weight is 358 g/mol. The van der Waals surface area contributed by atoms with Crippen LogP contribution in [0, 0.1) is 0 Å². The molecule has 1 aromatic heterocycles. The Morgan fingerprint density at radius 3 is 2.73 bits per heavy atom. The number of nitrogens with zero attached hydrogens (tertiary/aromatic N) is 3. The third-order valence-corrected chi connectivity index (χ3v) is 4.16. The van der Waals surface area contributed by atoms with E-state index in [1.807, 2.05) is 24.4 Å². The zero-order chi connectivity index (χ0) is 19.2. The highest BCUT2D eigenvalue weighted by atomic mass is 16.3. The van der Waals surface area contributed by atoms with Crippen LogP contribution in [-0.4, -0.2) is 39.4 Å². The lowest BCUT2D eigenvalue weighted by molar-refractivity contribution is 0.244. The number of aromatic amines is 1. The number of nitrogens with two attached hydrogens (primary N) is 1. The molecule has 0 fully saturated rings. The van der Waals surface area contributed by atoms with Gasteiger partial charge in [0.1, 0.15) is 0 Å². The predicted octanol–water partition coefficient (Wildman–Crippen LogP) is 3.60. The molecule has 2 rings (SSSR count). The van der Waals surface area contributed by atoms with Crippen LogP contribution in [0.4, 0.5) is 0 Å². The van der Waals surface area contributed by atoms with Gasteiger partial charge in [-0.3, -0.25) is 4.99 Å². The fourth-order valence-electron chi connectivity index (χ4n) is 2.71. The number of aromatic nitrogens is 1. The molecule has 1 heterocycles. The highest BCUT2D eigenvalue weighted by Crippen LogP contribution is 2.20. The van der Waals surface area contributed by atoms with Gasteiger partial charge in [0, 0.05) is 29.2 Å². The molecule has 1 aromatic carbocycles. The van der Waals surface area contributed by atoms with E-state index in [1.54, 1.807) is 11.2 Å². The van der Waals surface area contributed by atoms with E-state index in [4.69, 9.17) is 5.73 Å². The van der Waals surface area contributed by atoms with Crippen molar-refractivity contribution in [2.45, 2.75) is 59.1 Å². The standard InChI is InChI=1S/C20H31N5O/c1-5-6-7-10-22-19(21)25(20(2,3)4)24-13-16-12-23-18-9-8-15(14-26)11-17(16)18/h8-9,11-13,23,26H,5-7,10,14H2,1-4H3,(H2,21,22)/b24-13+. The number of aliphatic hydroxyl groups excluding tert-OH is 1. The first-order chi connectivity index (χ1) is 12.4. The molecule has 0 saturated carbocycles. The van der Waals surface area contributed by atoms with Crippen molar-refractivity contribution in [3.63, 3.8) is 0 Å². The molecule has 6 nitrogen and oxygen atoms in total. The SMILES string of the molecule is CCCCCN=C(N)N(/N=C/c1c[nH]c2ccc(CO)cc12)C(C)(C)C. The van der Waals surface area contributed by atoms with Gasteiger partial charge in [-0.1, -0.05) is 25.8 Å². The van der Waals surface area contributed by atoms with Crippen LogP contribution in [0.2, 0.25) is 0 Å². The van der Waals surface area contributed by atoms with Crippen LogP contribution >= 0.6 is 0 Å². The highest BCUT2D eigenvalue weighted by molar-refractivity contribution is 5.99. The van der Waals surface area contributed by atoms with E-state index >= 15 is 0 Å². The minimum atomic E-state index is -0.281. The van der Waals surface area contributed by atoms with E-state index in [9.17, 15) is 5.11 Å². The van der Waals surface area contributed by atoms with E-state index in [1.165, 1.54) is 0 Å². The number of unbranched alkanes of at least 4 members (excludes halogenated alkanes) is 2. The number of aliphatic imine (C=N–C) groups is 1. The number of benzene rings is 1. The van der Waals surface area contributed by atoms with E-state index in [0.29, 0.717) is 12.5 Å². The maximum Gasteiger partial charge on any atom is 0.212 e. The molecule has 0 aliphatic carbocycles. The van der Waals surface area contributed by atoms with E-state index in [2.05, 4.69) is 42.8 Å². The minimum absolute atomic E-state index is 0.0170. The monoisotopic (exact) mass is 357 g/mol. The molecule has 0 aliphatic rings. The lowest BCUT2D eigenvalue weighted by Gasteiger charge is -2.31. The zero-order valence-electron chi connectivity index (χ0n) is 16.3. The first kappa shape index (κ1) is 20.0. The van der Waals surface area contributed by atoms with Crippen molar-refractivity contribution >= 4 is 23.1 Å². The van der Waals surface area contributed by atoms with Crippen molar-refractivity contribution in [1.82, 2.24) is 9.99 Å². The molecule has 0 bridgehead atoms. The van der Waals surface area contributed by atoms with Crippen LogP contribution < -0.4 is 5.73 Å². The van der Waals surface area contributed by atoms with Crippen LogP contribution in [0.5, 0.6) is 0 Å². The summed E-state index contributed by atoms with van der Waals surface area (Å²) in [7, 11) is 0. The maximum absolute atomic E-state index is 9.36. The van der Waals surface area contributed by atoms with Gasteiger partial charge in [0.15, 0.2) is 0 Å². The third kappa shape index (κ3) is 5.08. The fourth-order valence-corrected chi connectivity index (χ4v) is 2.71. The first-order valence-corrected chi connectivity index (χ1v) is 9.21. The highest BCUT2D eigenvalue weighted by Gasteiger charge is 2.22. The molecule has 0 saturated heterocycles. The van der Waals surface area contributed by atoms with Gasteiger partial charge in [-0.05, 0) is 44.9 Å². The summed E-state index contributed by atoms with van der Waals surface area (Å²) in [5.74, 6) is 0.431. The van der Waals surface area contributed by atoms with Gasteiger partial charge in [0.2, 0.25) is 5.96 Å². The summed E-state index contributed by atoms with van der Waals surface area (Å²) in [5.41, 5.74) is 8.75. The Morgan fingerprint density at radius 2 is 2.08 bits per heavy atom. The van der Waals surface area contributed by atoms with Crippen molar-refractivity contribution < 1.29 is 5.11 Å². The Hall–Kier alpha value is -2.34. The fraction of sp³-hybridized carbons (Fsp3) is 0.500. The summed E-state index contributed by atoms with van der Waals surface area (Å²) in [4.78, 5) is 7.71. The van der Waals surface area contributed by atoms with Crippen molar-refractivity contribution in [1.29, 1.82) is 0 Å². The van der Waals surface area contributed by atoms with Crippen LogP contribution in [0.1, 0.15) is 58.1 Å².